The van der Waals surface area contributed by atoms with E-state index in [9.17, 15) is 5.11 Å². The fraction of sp³-hybridized carbons (Fsp3) is 0.429. The molecule has 194 valence electrons. The molecule has 4 heterocycles. The molecule has 0 aliphatic carbocycles. The highest BCUT2D eigenvalue weighted by Crippen LogP contribution is 2.44. The second-order valence-corrected chi connectivity index (χ2v) is 9.95. The third-order valence-corrected chi connectivity index (χ3v) is 7.58. The maximum Gasteiger partial charge on any atom is 0.229 e. The standard InChI is InChI=1S/C28H35N7O2/c1-37-23-9-7-22(8-10-23)19-34-12-11-24-25-26(34)29-28(33-15-13-32(14-16-33)17-18-36)30-27(25)35(31-24)20-21-5-3-2-4-6-21/h2-10,24,31,36H,11-20H2,1H3. The third-order valence-electron chi connectivity index (χ3n) is 7.58. The van der Waals surface area contributed by atoms with Crippen molar-refractivity contribution in [2.24, 2.45) is 0 Å². The van der Waals surface area contributed by atoms with Crippen LogP contribution < -0.4 is 25.0 Å². The number of aromatic nitrogens is 2. The number of rotatable bonds is 8. The molecule has 37 heavy (non-hydrogen) atoms. The van der Waals surface area contributed by atoms with Gasteiger partial charge < -0.3 is 19.6 Å². The Labute approximate surface area is 218 Å². The van der Waals surface area contributed by atoms with Crippen molar-refractivity contribution in [2.45, 2.75) is 25.6 Å². The fourth-order valence-electron chi connectivity index (χ4n) is 5.55. The number of anilines is 3. The molecule has 1 unspecified atom stereocenters. The fourth-order valence-corrected chi connectivity index (χ4v) is 5.55. The summed E-state index contributed by atoms with van der Waals surface area (Å²) in [6.07, 6.45) is 1.00. The number of nitrogens with zero attached hydrogens (tertiary/aromatic N) is 6. The summed E-state index contributed by atoms with van der Waals surface area (Å²) in [6.45, 7) is 6.90. The molecule has 3 aliphatic heterocycles. The number of benzene rings is 2. The van der Waals surface area contributed by atoms with Crippen LogP contribution in [-0.4, -0.2) is 73.0 Å². The van der Waals surface area contributed by atoms with E-state index in [-0.39, 0.29) is 12.6 Å². The predicted molar refractivity (Wildman–Crippen MR) is 145 cm³/mol. The van der Waals surface area contributed by atoms with Crippen molar-refractivity contribution in [2.75, 3.05) is 67.8 Å². The number of aliphatic hydroxyl groups excluding tert-OH is 1. The highest BCUT2D eigenvalue weighted by molar-refractivity contribution is 5.69. The minimum atomic E-state index is 0.196. The molecule has 3 aromatic rings. The third kappa shape index (κ3) is 4.94. The monoisotopic (exact) mass is 501 g/mol. The Morgan fingerprint density at radius 2 is 1.62 bits per heavy atom. The maximum absolute atomic E-state index is 9.33. The van der Waals surface area contributed by atoms with Crippen molar-refractivity contribution in [1.29, 1.82) is 0 Å². The zero-order valence-electron chi connectivity index (χ0n) is 21.4. The second-order valence-electron chi connectivity index (χ2n) is 9.95. The molecule has 2 N–H and O–H groups in total. The number of β-amino-alcohol motifs (C(OH)–C–C–N with tert-alkyl or cyclic N) is 1. The van der Waals surface area contributed by atoms with E-state index in [1.807, 2.05) is 12.1 Å². The topological polar surface area (TPSA) is 80.2 Å². The van der Waals surface area contributed by atoms with Gasteiger partial charge in [-0.2, -0.15) is 9.97 Å². The first-order valence-electron chi connectivity index (χ1n) is 13.2. The molecule has 1 saturated heterocycles. The van der Waals surface area contributed by atoms with Crippen molar-refractivity contribution in [1.82, 2.24) is 20.3 Å². The lowest BCUT2D eigenvalue weighted by Crippen LogP contribution is -2.48. The summed E-state index contributed by atoms with van der Waals surface area (Å²) >= 11 is 0. The largest absolute Gasteiger partial charge is 0.497 e. The van der Waals surface area contributed by atoms with E-state index in [4.69, 9.17) is 14.7 Å². The second kappa shape index (κ2) is 10.5. The predicted octanol–water partition coefficient (Wildman–Crippen LogP) is 2.58. The molecule has 3 aliphatic rings. The van der Waals surface area contributed by atoms with E-state index in [0.717, 1.165) is 82.1 Å². The summed E-state index contributed by atoms with van der Waals surface area (Å²) < 4.78 is 5.35. The van der Waals surface area contributed by atoms with Crippen LogP contribution in [0.3, 0.4) is 0 Å². The molecule has 0 spiro atoms. The first-order valence-corrected chi connectivity index (χ1v) is 13.2. The summed E-state index contributed by atoms with van der Waals surface area (Å²) in [5.41, 5.74) is 7.42. The van der Waals surface area contributed by atoms with Gasteiger partial charge in [0.1, 0.15) is 11.6 Å². The zero-order chi connectivity index (χ0) is 25.2. The van der Waals surface area contributed by atoms with Gasteiger partial charge in [-0.3, -0.25) is 9.91 Å². The van der Waals surface area contributed by atoms with Gasteiger partial charge in [-0.25, -0.2) is 5.43 Å². The summed E-state index contributed by atoms with van der Waals surface area (Å²) in [4.78, 5) is 17.3. The number of piperazine rings is 1. The van der Waals surface area contributed by atoms with Crippen LogP contribution in [-0.2, 0) is 13.1 Å². The minimum Gasteiger partial charge on any atom is -0.497 e. The van der Waals surface area contributed by atoms with Crippen LogP contribution in [0.5, 0.6) is 5.75 Å². The van der Waals surface area contributed by atoms with Gasteiger partial charge in [-0.05, 0) is 29.7 Å². The number of aliphatic hydroxyl groups is 1. The lowest BCUT2D eigenvalue weighted by Gasteiger charge is -2.36. The van der Waals surface area contributed by atoms with Crippen molar-refractivity contribution < 1.29 is 9.84 Å². The average molecular weight is 502 g/mol. The van der Waals surface area contributed by atoms with Gasteiger partial charge in [0.2, 0.25) is 5.95 Å². The molecule has 9 heteroatoms. The molecule has 1 fully saturated rings. The number of hydrazine groups is 1. The molecule has 2 aromatic carbocycles. The highest BCUT2D eigenvalue weighted by atomic mass is 16.5. The number of ether oxygens (including phenoxy) is 1. The number of hydrogen-bond donors (Lipinski definition) is 2. The molecule has 0 radical (unpaired) electrons. The van der Waals surface area contributed by atoms with Gasteiger partial charge in [0.15, 0.2) is 5.82 Å². The average Bonchev–Trinajstić information content (AvgIpc) is 3.29. The van der Waals surface area contributed by atoms with Crippen LogP contribution in [0.1, 0.15) is 29.2 Å². The first kappa shape index (κ1) is 24.0. The van der Waals surface area contributed by atoms with Crippen molar-refractivity contribution in [3.63, 3.8) is 0 Å². The number of hydrogen-bond acceptors (Lipinski definition) is 9. The summed E-state index contributed by atoms with van der Waals surface area (Å²) in [5.74, 6) is 3.69. The Morgan fingerprint density at radius 3 is 2.35 bits per heavy atom. The normalized spacial score (nSPS) is 19.3. The molecule has 0 saturated carbocycles. The number of nitrogens with one attached hydrogen (secondary N) is 1. The molecular weight excluding hydrogens is 466 g/mol. The number of methoxy groups -OCH3 is 1. The van der Waals surface area contributed by atoms with Gasteiger partial charge >= 0.3 is 0 Å². The van der Waals surface area contributed by atoms with E-state index in [2.05, 4.69) is 67.6 Å². The smallest absolute Gasteiger partial charge is 0.229 e. The Kier molecular flexibility index (Phi) is 6.82. The van der Waals surface area contributed by atoms with Gasteiger partial charge in [0.05, 0.1) is 31.9 Å². The summed E-state index contributed by atoms with van der Waals surface area (Å²) in [6, 6.07) is 19.1. The van der Waals surface area contributed by atoms with Gasteiger partial charge in [-0.1, -0.05) is 42.5 Å². The first-order chi connectivity index (χ1) is 18.2. The van der Waals surface area contributed by atoms with Crippen LogP contribution in [0.15, 0.2) is 54.6 Å². The van der Waals surface area contributed by atoms with E-state index < -0.39 is 0 Å². The molecule has 9 nitrogen and oxygen atoms in total. The van der Waals surface area contributed by atoms with Crippen LogP contribution in [0.2, 0.25) is 0 Å². The maximum atomic E-state index is 9.33. The molecular formula is C28H35N7O2. The van der Waals surface area contributed by atoms with Crippen LogP contribution in [0.4, 0.5) is 17.6 Å². The lowest BCUT2D eigenvalue weighted by molar-refractivity contribution is 0.188. The zero-order valence-corrected chi connectivity index (χ0v) is 21.4. The van der Waals surface area contributed by atoms with Crippen LogP contribution >= 0.6 is 0 Å². The molecule has 1 aromatic heterocycles. The van der Waals surface area contributed by atoms with Gasteiger partial charge in [0.25, 0.3) is 0 Å². The molecule has 6 rings (SSSR count). The minimum absolute atomic E-state index is 0.196. The SMILES string of the molecule is COc1ccc(CN2CCC3NN(Cc4ccccc4)c4nc(N5CCN(CCO)CC5)nc2c43)cc1. The summed E-state index contributed by atoms with van der Waals surface area (Å²) in [7, 11) is 1.70. The highest BCUT2D eigenvalue weighted by Gasteiger charge is 2.39. The Hall–Kier alpha value is -3.40. The van der Waals surface area contributed by atoms with Crippen molar-refractivity contribution in [3.8, 4) is 5.75 Å². The molecule has 0 amide bonds. The van der Waals surface area contributed by atoms with Gasteiger partial charge in [0, 0.05) is 45.8 Å². The van der Waals surface area contributed by atoms with E-state index in [1.54, 1.807) is 7.11 Å². The Balaban J connectivity index is 1.33. The van der Waals surface area contributed by atoms with Crippen LogP contribution in [0, 0.1) is 0 Å². The van der Waals surface area contributed by atoms with E-state index in [0.29, 0.717) is 0 Å². The molecule has 0 bridgehead atoms. The lowest BCUT2D eigenvalue weighted by atomic mass is 10.0. The quantitative estimate of drug-likeness (QED) is 0.484. The van der Waals surface area contributed by atoms with E-state index in [1.165, 1.54) is 16.7 Å². The van der Waals surface area contributed by atoms with E-state index >= 15 is 0 Å². The Morgan fingerprint density at radius 1 is 0.892 bits per heavy atom. The van der Waals surface area contributed by atoms with Crippen molar-refractivity contribution >= 4 is 17.6 Å². The Bertz CT molecular complexity index is 1200. The summed E-state index contributed by atoms with van der Waals surface area (Å²) in [5, 5.41) is 11.5. The molecule has 1 atom stereocenters. The van der Waals surface area contributed by atoms with Crippen LogP contribution in [0.25, 0.3) is 0 Å². The van der Waals surface area contributed by atoms with Gasteiger partial charge in [-0.15, -0.1) is 0 Å². The van der Waals surface area contributed by atoms with Crippen molar-refractivity contribution in [3.05, 3.63) is 71.3 Å².